The first-order chi connectivity index (χ1) is 13.3. The summed E-state index contributed by atoms with van der Waals surface area (Å²) in [4.78, 5) is 17.1. The van der Waals surface area contributed by atoms with Gasteiger partial charge in [0.25, 0.3) is 0 Å². The number of pyridine rings is 1. The molecule has 3 aromatic rings. The van der Waals surface area contributed by atoms with Crippen molar-refractivity contribution in [1.82, 2.24) is 24.5 Å². The Balaban J connectivity index is 1.60. The Kier molecular flexibility index (Phi) is 4.13. The molecule has 0 unspecified atom stereocenters. The normalized spacial score (nSPS) is 22.0. The number of anilines is 1. The summed E-state index contributed by atoms with van der Waals surface area (Å²) in [5.74, 6) is 1.45. The van der Waals surface area contributed by atoms with Crippen molar-refractivity contribution in [2.45, 2.75) is 24.8 Å². The third-order valence-electron chi connectivity index (χ3n) is 4.29. The standard InChI is InChI=1S/C18H14F4N6/c1-11-25-16-13(3-2-8-24-16)28(11)15-10-23-9-14(27-15)26-12-4-6-17(19,7-5-12)18(20,21)22/h2-10,12H,1H3,(H,26,27). The number of nitrogens with one attached hydrogen (secondary N) is 1. The van der Waals surface area contributed by atoms with Crippen molar-refractivity contribution in [3.63, 3.8) is 0 Å². The van der Waals surface area contributed by atoms with E-state index in [1.165, 1.54) is 12.4 Å². The Bertz CT molecular complexity index is 1070. The second kappa shape index (κ2) is 6.39. The molecule has 10 heteroatoms. The molecule has 0 fully saturated rings. The number of fused-ring (bicyclic) bond motifs is 1. The van der Waals surface area contributed by atoms with Crippen LogP contribution in [0.4, 0.5) is 23.4 Å². The molecule has 0 aliphatic heterocycles. The number of hydrogen-bond acceptors (Lipinski definition) is 5. The highest BCUT2D eigenvalue weighted by molar-refractivity contribution is 5.73. The first-order valence-electron chi connectivity index (χ1n) is 8.30. The molecule has 0 amide bonds. The van der Waals surface area contributed by atoms with Crippen LogP contribution >= 0.6 is 0 Å². The molecule has 1 N–H and O–H groups in total. The lowest BCUT2D eigenvalue weighted by molar-refractivity contribution is -0.195. The largest absolute Gasteiger partial charge is 0.429 e. The Hall–Kier alpha value is -3.30. The summed E-state index contributed by atoms with van der Waals surface area (Å²) >= 11 is 0. The number of alkyl halides is 4. The van der Waals surface area contributed by atoms with Gasteiger partial charge in [0.15, 0.2) is 11.5 Å². The zero-order valence-electron chi connectivity index (χ0n) is 14.5. The molecule has 0 aromatic carbocycles. The minimum absolute atomic E-state index is 0.320. The van der Waals surface area contributed by atoms with Gasteiger partial charge in [-0.2, -0.15) is 13.2 Å². The topological polar surface area (TPSA) is 68.5 Å². The van der Waals surface area contributed by atoms with Crippen LogP contribution in [-0.4, -0.2) is 42.4 Å². The highest BCUT2D eigenvalue weighted by Gasteiger charge is 2.53. The first kappa shape index (κ1) is 18.1. The molecule has 6 nitrogen and oxygen atoms in total. The van der Waals surface area contributed by atoms with E-state index < -0.39 is 17.9 Å². The van der Waals surface area contributed by atoms with E-state index in [0.29, 0.717) is 35.3 Å². The first-order valence-corrected chi connectivity index (χ1v) is 8.30. The predicted octanol–water partition coefficient (Wildman–Crippen LogP) is 3.70. The van der Waals surface area contributed by atoms with E-state index in [-0.39, 0.29) is 0 Å². The monoisotopic (exact) mass is 390 g/mol. The van der Waals surface area contributed by atoms with Gasteiger partial charge in [-0.1, -0.05) is 12.2 Å². The van der Waals surface area contributed by atoms with Gasteiger partial charge in [0.2, 0.25) is 5.67 Å². The van der Waals surface area contributed by atoms with Gasteiger partial charge in [-0.25, -0.2) is 19.3 Å². The Labute approximate surface area is 156 Å². The summed E-state index contributed by atoms with van der Waals surface area (Å²) < 4.78 is 53.8. The number of allylic oxidation sites excluding steroid dienone is 2. The molecule has 3 heterocycles. The molecule has 3 aromatic heterocycles. The van der Waals surface area contributed by atoms with Crippen molar-refractivity contribution in [2.75, 3.05) is 5.32 Å². The summed E-state index contributed by atoms with van der Waals surface area (Å²) in [5, 5.41) is 2.91. The Morgan fingerprint density at radius 2 is 1.89 bits per heavy atom. The minimum Gasteiger partial charge on any atom is -0.359 e. The van der Waals surface area contributed by atoms with E-state index in [1.807, 2.05) is 6.07 Å². The van der Waals surface area contributed by atoms with Gasteiger partial charge in [0, 0.05) is 6.20 Å². The van der Waals surface area contributed by atoms with Gasteiger partial charge in [0.1, 0.15) is 11.6 Å². The molecule has 0 atom stereocenters. The Morgan fingerprint density at radius 1 is 1.14 bits per heavy atom. The molecular formula is C18H14F4N6. The lowest BCUT2D eigenvalue weighted by atomic mass is 9.97. The number of aryl methyl sites for hydroxylation is 1. The average Bonchev–Trinajstić information content (AvgIpc) is 2.99. The van der Waals surface area contributed by atoms with Crippen LogP contribution in [0, 0.1) is 6.92 Å². The molecule has 4 rings (SSSR count). The molecule has 0 bridgehead atoms. The molecule has 1 aliphatic rings. The number of aromatic nitrogens is 5. The van der Waals surface area contributed by atoms with Crippen molar-refractivity contribution in [2.24, 2.45) is 0 Å². The highest BCUT2D eigenvalue weighted by Crippen LogP contribution is 2.38. The zero-order chi connectivity index (χ0) is 19.9. The second-order valence-electron chi connectivity index (χ2n) is 6.26. The van der Waals surface area contributed by atoms with Crippen LogP contribution < -0.4 is 5.32 Å². The van der Waals surface area contributed by atoms with Gasteiger partial charge in [-0.3, -0.25) is 9.55 Å². The third kappa shape index (κ3) is 3.10. The molecule has 144 valence electrons. The van der Waals surface area contributed by atoms with E-state index in [0.717, 1.165) is 17.7 Å². The molecule has 0 spiro atoms. The summed E-state index contributed by atoms with van der Waals surface area (Å²) in [7, 11) is 0. The molecule has 0 saturated heterocycles. The van der Waals surface area contributed by atoms with Crippen molar-refractivity contribution in [1.29, 1.82) is 0 Å². The maximum Gasteiger partial charge on any atom is 0.429 e. The maximum absolute atomic E-state index is 13.9. The SMILES string of the molecule is Cc1nc2ncccc2n1-c1cncc(NC2C=CC(F)(C(F)(F)F)C=C2)n1. The van der Waals surface area contributed by atoms with Crippen LogP contribution in [0.5, 0.6) is 0 Å². The maximum atomic E-state index is 13.9. The van der Waals surface area contributed by atoms with Gasteiger partial charge in [0.05, 0.1) is 24.0 Å². The summed E-state index contributed by atoms with van der Waals surface area (Å²) in [6.45, 7) is 1.80. The molecule has 0 radical (unpaired) electrons. The van der Waals surface area contributed by atoms with E-state index in [1.54, 1.807) is 23.8 Å². The quantitative estimate of drug-likeness (QED) is 0.546. The number of rotatable bonds is 3. The van der Waals surface area contributed by atoms with Crippen LogP contribution in [0.15, 0.2) is 55.0 Å². The molecule has 1 aliphatic carbocycles. The lowest BCUT2D eigenvalue weighted by Crippen LogP contribution is -2.39. The fourth-order valence-electron chi connectivity index (χ4n) is 2.91. The van der Waals surface area contributed by atoms with E-state index in [4.69, 9.17) is 0 Å². The number of hydrogen-bond donors (Lipinski definition) is 1. The summed E-state index contributed by atoms with van der Waals surface area (Å²) in [6.07, 6.45) is 2.78. The number of imidazole rings is 1. The van der Waals surface area contributed by atoms with Crippen LogP contribution in [-0.2, 0) is 0 Å². The highest BCUT2D eigenvalue weighted by atomic mass is 19.4. The van der Waals surface area contributed by atoms with Crippen molar-refractivity contribution < 1.29 is 17.6 Å². The number of nitrogens with zero attached hydrogens (tertiary/aromatic N) is 5. The average molecular weight is 390 g/mol. The van der Waals surface area contributed by atoms with Crippen molar-refractivity contribution in [3.05, 3.63) is 60.9 Å². The molecule has 28 heavy (non-hydrogen) atoms. The predicted molar refractivity (Wildman–Crippen MR) is 94.8 cm³/mol. The van der Waals surface area contributed by atoms with Crippen LogP contribution in [0.25, 0.3) is 17.0 Å². The number of halogens is 4. The Morgan fingerprint density at radius 3 is 2.61 bits per heavy atom. The fourth-order valence-corrected chi connectivity index (χ4v) is 2.91. The van der Waals surface area contributed by atoms with E-state index in [9.17, 15) is 17.6 Å². The van der Waals surface area contributed by atoms with Crippen LogP contribution in [0.2, 0.25) is 0 Å². The van der Waals surface area contributed by atoms with Crippen LogP contribution in [0.1, 0.15) is 5.82 Å². The molecule has 0 saturated carbocycles. The lowest BCUT2D eigenvalue weighted by Gasteiger charge is -2.26. The summed E-state index contributed by atoms with van der Waals surface area (Å²) in [6, 6.07) is 2.96. The third-order valence-corrected chi connectivity index (χ3v) is 4.29. The van der Waals surface area contributed by atoms with E-state index >= 15 is 0 Å². The van der Waals surface area contributed by atoms with Crippen molar-refractivity contribution >= 4 is 17.0 Å². The van der Waals surface area contributed by atoms with Crippen LogP contribution in [0.3, 0.4) is 0 Å². The van der Waals surface area contributed by atoms with Gasteiger partial charge in [-0.15, -0.1) is 0 Å². The van der Waals surface area contributed by atoms with Gasteiger partial charge >= 0.3 is 6.18 Å². The fraction of sp³-hybridized carbons (Fsp3) is 0.222. The zero-order valence-corrected chi connectivity index (χ0v) is 14.5. The second-order valence-corrected chi connectivity index (χ2v) is 6.26. The van der Waals surface area contributed by atoms with E-state index in [2.05, 4.69) is 25.3 Å². The van der Waals surface area contributed by atoms with Gasteiger partial charge in [-0.05, 0) is 31.2 Å². The smallest absolute Gasteiger partial charge is 0.359 e. The molecular weight excluding hydrogens is 376 g/mol. The van der Waals surface area contributed by atoms with Gasteiger partial charge < -0.3 is 5.32 Å². The summed E-state index contributed by atoms with van der Waals surface area (Å²) in [5.41, 5.74) is -2.15. The van der Waals surface area contributed by atoms with Crippen molar-refractivity contribution in [3.8, 4) is 5.82 Å². The minimum atomic E-state index is -5.00.